The lowest BCUT2D eigenvalue weighted by molar-refractivity contribution is -0.190. The first-order valence-corrected chi connectivity index (χ1v) is 6.96. The molecule has 3 aromatic rings. The maximum absolute atomic E-state index is 14.1. The first kappa shape index (κ1) is 16.2. The number of ether oxygens (including phenoxy) is 1. The molecule has 0 N–H and O–H groups in total. The molecule has 0 saturated carbocycles. The minimum Gasteiger partial charge on any atom is -0.463 e. The fraction of sp³-hybridized carbons (Fsp3) is 0.267. The third-order valence-electron chi connectivity index (χ3n) is 3.47. The molecule has 0 unspecified atom stereocenters. The molecule has 0 aliphatic heterocycles. The number of pyridine rings is 2. The zero-order chi connectivity index (χ0) is 17.5. The normalized spacial score (nSPS) is 13.2. The smallest absolute Gasteiger partial charge is 0.425 e. The van der Waals surface area contributed by atoms with E-state index in [1.807, 2.05) is 0 Å². The fourth-order valence-corrected chi connectivity index (χ4v) is 2.17. The Hall–Kier alpha value is -2.71. The van der Waals surface area contributed by atoms with Crippen molar-refractivity contribution in [2.75, 3.05) is 0 Å². The van der Waals surface area contributed by atoms with Crippen LogP contribution >= 0.6 is 0 Å². The lowest BCUT2D eigenvalue weighted by atomic mass is 10.1. The van der Waals surface area contributed by atoms with E-state index in [0.717, 1.165) is 18.7 Å². The first-order valence-electron chi connectivity index (χ1n) is 6.96. The third kappa shape index (κ3) is 3.01. The molecule has 126 valence electrons. The molecule has 0 spiro atoms. The summed E-state index contributed by atoms with van der Waals surface area (Å²) in [6, 6.07) is 4.56. The molecule has 24 heavy (non-hydrogen) atoms. The maximum atomic E-state index is 14.1. The van der Waals surface area contributed by atoms with E-state index >= 15 is 0 Å². The van der Waals surface area contributed by atoms with Crippen LogP contribution in [0.15, 0.2) is 30.6 Å². The second-order valence-electron chi connectivity index (χ2n) is 5.27. The molecule has 3 heterocycles. The number of rotatable bonds is 3. The van der Waals surface area contributed by atoms with Crippen molar-refractivity contribution < 1.29 is 22.3 Å². The van der Waals surface area contributed by atoms with Crippen molar-refractivity contribution in [1.29, 1.82) is 0 Å². The van der Waals surface area contributed by atoms with Crippen molar-refractivity contribution in [2.45, 2.75) is 26.1 Å². The molecule has 5 nitrogen and oxygen atoms in total. The molecule has 0 amide bonds. The minimum atomic E-state index is -4.59. The molecule has 0 saturated heterocycles. The molecule has 0 aliphatic rings. The monoisotopic (exact) mass is 340 g/mol. The van der Waals surface area contributed by atoms with Crippen LogP contribution in [0.1, 0.15) is 12.6 Å². The van der Waals surface area contributed by atoms with Crippen molar-refractivity contribution >= 4 is 5.52 Å². The van der Waals surface area contributed by atoms with E-state index in [2.05, 4.69) is 20.0 Å². The van der Waals surface area contributed by atoms with Crippen LogP contribution in [0.4, 0.5) is 17.6 Å². The molecular weight excluding hydrogens is 328 g/mol. The van der Waals surface area contributed by atoms with Crippen molar-refractivity contribution in [2.24, 2.45) is 0 Å². The molecule has 0 bridgehead atoms. The average molecular weight is 340 g/mol. The van der Waals surface area contributed by atoms with Crippen LogP contribution in [0.2, 0.25) is 0 Å². The van der Waals surface area contributed by atoms with Crippen molar-refractivity contribution in [3.05, 3.63) is 42.1 Å². The van der Waals surface area contributed by atoms with Crippen LogP contribution in [0.25, 0.3) is 16.6 Å². The highest BCUT2D eigenvalue weighted by molar-refractivity contribution is 5.68. The highest BCUT2D eigenvalue weighted by atomic mass is 19.4. The Kier molecular flexibility index (Phi) is 3.86. The number of alkyl halides is 3. The lowest BCUT2D eigenvalue weighted by Gasteiger charge is -2.17. The number of hydrogen-bond acceptors (Lipinski definition) is 4. The molecule has 0 aliphatic carbocycles. The first-order chi connectivity index (χ1) is 11.3. The van der Waals surface area contributed by atoms with E-state index in [1.165, 1.54) is 6.20 Å². The Morgan fingerprint density at radius 3 is 2.54 bits per heavy atom. The average Bonchev–Trinajstić information content (AvgIpc) is 2.97. The van der Waals surface area contributed by atoms with Crippen LogP contribution in [-0.4, -0.2) is 32.1 Å². The second-order valence-corrected chi connectivity index (χ2v) is 5.27. The summed E-state index contributed by atoms with van der Waals surface area (Å²) in [6.07, 6.45) is -3.94. The minimum absolute atomic E-state index is 0.409. The van der Waals surface area contributed by atoms with E-state index in [9.17, 15) is 17.6 Å². The van der Waals surface area contributed by atoms with Gasteiger partial charge in [0.2, 0.25) is 0 Å². The summed E-state index contributed by atoms with van der Waals surface area (Å²) in [5.74, 6) is -1.65. The molecule has 3 rings (SSSR count). The van der Waals surface area contributed by atoms with Crippen LogP contribution in [0.5, 0.6) is 5.88 Å². The van der Waals surface area contributed by atoms with E-state index < -0.39 is 24.0 Å². The van der Waals surface area contributed by atoms with E-state index in [4.69, 9.17) is 0 Å². The highest BCUT2D eigenvalue weighted by Crippen LogP contribution is 2.28. The Bertz CT molecular complexity index is 891. The van der Waals surface area contributed by atoms with E-state index in [-0.39, 0.29) is 0 Å². The van der Waals surface area contributed by atoms with Gasteiger partial charge < -0.3 is 4.74 Å². The molecule has 0 fully saturated rings. The molecular formula is C15H12F4N4O. The SMILES string of the molecule is Cc1cc(-c2cnc(O[C@H](C)C(F)(F)F)c(F)c2)cc2cnnn12. The van der Waals surface area contributed by atoms with Crippen LogP contribution in [0.3, 0.4) is 0 Å². The molecule has 1 atom stereocenters. The van der Waals surface area contributed by atoms with Crippen molar-refractivity contribution in [1.82, 2.24) is 19.8 Å². The Labute approximate surface area is 133 Å². The molecule has 0 radical (unpaired) electrons. The van der Waals surface area contributed by atoms with Crippen LogP contribution in [-0.2, 0) is 0 Å². The van der Waals surface area contributed by atoms with Gasteiger partial charge in [-0.25, -0.2) is 13.9 Å². The van der Waals surface area contributed by atoms with Gasteiger partial charge in [-0.2, -0.15) is 13.2 Å². The number of hydrogen-bond donors (Lipinski definition) is 0. The van der Waals surface area contributed by atoms with Crippen LogP contribution < -0.4 is 4.74 Å². The summed E-state index contributed by atoms with van der Waals surface area (Å²) < 4.78 is 57.7. The van der Waals surface area contributed by atoms with Gasteiger partial charge in [-0.1, -0.05) is 5.21 Å². The van der Waals surface area contributed by atoms with Crippen LogP contribution in [0, 0.1) is 12.7 Å². The van der Waals surface area contributed by atoms with Gasteiger partial charge in [0.05, 0.1) is 11.7 Å². The Morgan fingerprint density at radius 1 is 1.12 bits per heavy atom. The number of fused-ring (bicyclic) bond motifs is 1. The molecule has 3 aromatic heterocycles. The van der Waals surface area contributed by atoms with Gasteiger partial charge >= 0.3 is 6.18 Å². The van der Waals surface area contributed by atoms with Gasteiger partial charge in [0.25, 0.3) is 5.88 Å². The summed E-state index contributed by atoms with van der Waals surface area (Å²) in [6.45, 7) is 2.59. The maximum Gasteiger partial charge on any atom is 0.425 e. The zero-order valence-electron chi connectivity index (χ0n) is 12.7. The van der Waals surface area contributed by atoms with E-state index in [1.54, 1.807) is 29.8 Å². The summed E-state index contributed by atoms with van der Waals surface area (Å²) in [5.41, 5.74) is 2.53. The number of halogens is 4. The summed E-state index contributed by atoms with van der Waals surface area (Å²) >= 11 is 0. The Morgan fingerprint density at radius 2 is 1.88 bits per heavy atom. The predicted octanol–water partition coefficient (Wildman–Crippen LogP) is 3.57. The zero-order valence-corrected chi connectivity index (χ0v) is 12.7. The largest absolute Gasteiger partial charge is 0.463 e. The van der Waals surface area contributed by atoms with Gasteiger partial charge in [0.1, 0.15) is 0 Å². The fourth-order valence-electron chi connectivity index (χ4n) is 2.17. The Balaban J connectivity index is 1.93. The lowest BCUT2D eigenvalue weighted by Crippen LogP contribution is -2.31. The van der Waals surface area contributed by atoms with Gasteiger partial charge in [0, 0.05) is 17.5 Å². The quantitative estimate of drug-likeness (QED) is 0.684. The van der Waals surface area contributed by atoms with Gasteiger partial charge in [-0.05, 0) is 37.6 Å². The summed E-state index contributed by atoms with van der Waals surface area (Å²) in [4.78, 5) is 3.67. The topological polar surface area (TPSA) is 52.3 Å². The van der Waals surface area contributed by atoms with E-state index in [0.29, 0.717) is 16.6 Å². The highest BCUT2D eigenvalue weighted by Gasteiger charge is 2.38. The van der Waals surface area contributed by atoms with Gasteiger partial charge in [-0.15, -0.1) is 5.10 Å². The number of nitrogens with zero attached hydrogens (tertiary/aromatic N) is 4. The summed E-state index contributed by atoms with van der Waals surface area (Å²) in [7, 11) is 0. The molecule has 9 heteroatoms. The standard InChI is InChI=1S/C15H12F4N4O/c1-8-3-10(4-12-7-21-22-23(8)12)11-5-13(16)14(20-6-11)24-9(2)15(17,18)19/h3-7,9H,1-2H3/t9-/m1/s1. The number of aryl methyl sites for hydroxylation is 1. The van der Waals surface area contributed by atoms with Gasteiger partial charge in [-0.3, -0.25) is 0 Å². The second kappa shape index (κ2) is 5.73. The van der Waals surface area contributed by atoms with Gasteiger partial charge in [0.15, 0.2) is 11.9 Å². The van der Waals surface area contributed by atoms with Crippen molar-refractivity contribution in [3.8, 4) is 17.0 Å². The predicted molar refractivity (Wildman–Crippen MR) is 77.1 cm³/mol. The number of aromatic nitrogens is 4. The van der Waals surface area contributed by atoms with Crippen molar-refractivity contribution in [3.63, 3.8) is 0 Å². The molecule has 0 aromatic carbocycles. The third-order valence-corrected chi connectivity index (χ3v) is 3.47. The summed E-state index contributed by atoms with van der Waals surface area (Å²) in [5, 5.41) is 7.67.